The average Bonchev–Trinajstić information content (AvgIpc) is 2.72. The van der Waals surface area contributed by atoms with Gasteiger partial charge < -0.3 is 14.6 Å². The lowest BCUT2D eigenvalue weighted by Gasteiger charge is -2.52. The van der Waals surface area contributed by atoms with Crippen molar-refractivity contribution in [2.24, 2.45) is 17.3 Å². The van der Waals surface area contributed by atoms with Crippen LogP contribution in [-0.2, 0) is 20.7 Å². The summed E-state index contributed by atoms with van der Waals surface area (Å²) in [6, 6.07) is 4.43. The lowest BCUT2D eigenvalue weighted by atomic mass is 9.65. The van der Waals surface area contributed by atoms with Gasteiger partial charge in [0.25, 0.3) is 10.1 Å². The molecular formula is C24H39NO6S. The number of piperidine rings is 1. The summed E-state index contributed by atoms with van der Waals surface area (Å²) >= 11 is 0. The summed E-state index contributed by atoms with van der Waals surface area (Å²) in [5, 5.41) is 10.3. The standard InChI is InChI=1S/C24H39NO6S/c1-17(2)11-19-15-25-8-7-18-12-23(30-9-6-10-31-32(5,27)28)22(29-4)13-20(18)21(25)14-24(19,3)16-26/h12-13,17,19,21,26H,6-11,14-16H2,1-5H3/t19-,21-,24?/m1/s1. The summed E-state index contributed by atoms with van der Waals surface area (Å²) in [4.78, 5) is 2.58. The zero-order chi connectivity index (χ0) is 23.5. The Morgan fingerprint density at radius 2 is 2.00 bits per heavy atom. The van der Waals surface area contributed by atoms with E-state index in [1.54, 1.807) is 7.11 Å². The second-order valence-electron chi connectivity index (χ2n) is 10.0. The number of fused-ring (bicyclic) bond motifs is 3. The molecule has 1 unspecified atom stereocenters. The van der Waals surface area contributed by atoms with Crippen LogP contribution in [0.1, 0.15) is 57.2 Å². The second kappa shape index (κ2) is 10.3. The van der Waals surface area contributed by atoms with E-state index in [1.807, 2.05) is 0 Å². The minimum absolute atomic E-state index is 0.0952. The fourth-order valence-electron chi connectivity index (χ4n) is 5.18. The van der Waals surface area contributed by atoms with Crippen LogP contribution >= 0.6 is 0 Å². The monoisotopic (exact) mass is 469 g/mol. The molecule has 2 aliphatic heterocycles. The van der Waals surface area contributed by atoms with E-state index < -0.39 is 10.1 Å². The normalized spacial score (nSPS) is 26.0. The molecular weight excluding hydrogens is 430 g/mol. The molecule has 3 atom stereocenters. The lowest BCUT2D eigenvalue weighted by Crippen LogP contribution is -2.51. The van der Waals surface area contributed by atoms with Crippen molar-refractivity contribution in [2.75, 3.05) is 46.3 Å². The maximum atomic E-state index is 11.1. The van der Waals surface area contributed by atoms with Gasteiger partial charge in [-0.25, -0.2) is 0 Å². The summed E-state index contributed by atoms with van der Waals surface area (Å²) in [6.45, 7) is 9.42. The highest BCUT2D eigenvalue weighted by Gasteiger charge is 2.45. The van der Waals surface area contributed by atoms with Gasteiger partial charge in [-0.15, -0.1) is 0 Å². The molecule has 7 nitrogen and oxygen atoms in total. The minimum atomic E-state index is -3.43. The zero-order valence-corrected chi connectivity index (χ0v) is 20.9. The average molecular weight is 470 g/mol. The van der Waals surface area contributed by atoms with E-state index in [0.717, 1.165) is 38.6 Å². The molecule has 2 heterocycles. The smallest absolute Gasteiger partial charge is 0.264 e. The fraction of sp³-hybridized carbons (Fsp3) is 0.750. The highest BCUT2D eigenvalue weighted by Crippen LogP contribution is 2.50. The van der Waals surface area contributed by atoms with Crippen LogP contribution in [0, 0.1) is 17.3 Å². The summed E-state index contributed by atoms with van der Waals surface area (Å²) in [5.74, 6) is 2.47. The van der Waals surface area contributed by atoms with Crippen molar-refractivity contribution >= 4 is 10.1 Å². The van der Waals surface area contributed by atoms with Gasteiger partial charge in [0.1, 0.15) is 0 Å². The van der Waals surface area contributed by atoms with E-state index in [1.165, 1.54) is 11.1 Å². The third kappa shape index (κ3) is 5.95. The maximum Gasteiger partial charge on any atom is 0.264 e. The van der Waals surface area contributed by atoms with Crippen LogP contribution < -0.4 is 9.47 Å². The second-order valence-corrected chi connectivity index (χ2v) is 11.7. The van der Waals surface area contributed by atoms with Crippen molar-refractivity contribution in [1.82, 2.24) is 4.90 Å². The Balaban J connectivity index is 1.75. The van der Waals surface area contributed by atoms with E-state index in [-0.39, 0.29) is 24.7 Å². The molecule has 0 aromatic heterocycles. The number of aliphatic hydroxyl groups excluding tert-OH is 1. The molecule has 182 valence electrons. The molecule has 0 bridgehead atoms. The third-order valence-electron chi connectivity index (χ3n) is 6.95. The number of hydrogen-bond donors (Lipinski definition) is 1. The number of hydrogen-bond acceptors (Lipinski definition) is 7. The van der Waals surface area contributed by atoms with Crippen molar-refractivity contribution in [3.05, 3.63) is 23.3 Å². The van der Waals surface area contributed by atoms with E-state index in [4.69, 9.17) is 13.7 Å². The number of methoxy groups -OCH3 is 1. The van der Waals surface area contributed by atoms with Crippen molar-refractivity contribution in [2.45, 2.75) is 52.5 Å². The number of rotatable bonds is 10. The predicted octanol–water partition coefficient (Wildman–Crippen LogP) is 3.40. The molecule has 1 N–H and O–H groups in total. The Kier molecular flexibility index (Phi) is 8.12. The number of ether oxygens (including phenoxy) is 2. The molecule has 32 heavy (non-hydrogen) atoms. The van der Waals surface area contributed by atoms with E-state index in [2.05, 4.69) is 37.8 Å². The third-order valence-corrected chi connectivity index (χ3v) is 7.55. The molecule has 0 radical (unpaired) electrons. The number of aliphatic hydroxyl groups is 1. The van der Waals surface area contributed by atoms with E-state index in [0.29, 0.717) is 36.4 Å². The van der Waals surface area contributed by atoms with Gasteiger partial charge in [-0.05, 0) is 59.8 Å². The van der Waals surface area contributed by atoms with Gasteiger partial charge in [0, 0.05) is 32.2 Å². The largest absolute Gasteiger partial charge is 0.493 e. The van der Waals surface area contributed by atoms with Gasteiger partial charge in [0.15, 0.2) is 11.5 Å². The van der Waals surface area contributed by atoms with Crippen molar-refractivity contribution < 1.29 is 27.2 Å². The van der Waals surface area contributed by atoms with Gasteiger partial charge in [-0.2, -0.15) is 8.42 Å². The molecule has 0 amide bonds. The quantitative estimate of drug-likeness (QED) is 0.415. The minimum Gasteiger partial charge on any atom is -0.493 e. The first-order valence-electron chi connectivity index (χ1n) is 11.6. The molecule has 1 aromatic rings. The van der Waals surface area contributed by atoms with Crippen LogP contribution in [0.15, 0.2) is 12.1 Å². The van der Waals surface area contributed by atoms with E-state index >= 15 is 0 Å². The number of benzene rings is 1. The molecule has 0 saturated carbocycles. The Morgan fingerprint density at radius 3 is 2.62 bits per heavy atom. The molecule has 2 aliphatic rings. The van der Waals surface area contributed by atoms with Crippen molar-refractivity contribution in [3.63, 3.8) is 0 Å². The Bertz CT molecular complexity index is 887. The molecule has 0 spiro atoms. The van der Waals surface area contributed by atoms with Crippen LogP contribution in [0.25, 0.3) is 0 Å². The first kappa shape index (κ1) is 25.3. The van der Waals surface area contributed by atoms with Crippen LogP contribution in [0.3, 0.4) is 0 Å². The van der Waals surface area contributed by atoms with Crippen LogP contribution in [-0.4, -0.2) is 64.7 Å². The molecule has 1 saturated heterocycles. The summed E-state index contributed by atoms with van der Waals surface area (Å²) < 4.78 is 38.5. The first-order chi connectivity index (χ1) is 15.1. The highest BCUT2D eigenvalue weighted by molar-refractivity contribution is 7.85. The lowest BCUT2D eigenvalue weighted by molar-refractivity contribution is -0.0436. The van der Waals surface area contributed by atoms with Crippen LogP contribution in [0.4, 0.5) is 0 Å². The van der Waals surface area contributed by atoms with Gasteiger partial charge >= 0.3 is 0 Å². The van der Waals surface area contributed by atoms with Crippen LogP contribution in [0.2, 0.25) is 0 Å². The molecule has 3 rings (SSSR count). The molecule has 1 fully saturated rings. The highest BCUT2D eigenvalue weighted by atomic mass is 32.2. The molecule has 0 aliphatic carbocycles. The van der Waals surface area contributed by atoms with Crippen molar-refractivity contribution in [1.29, 1.82) is 0 Å². The fourth-order valence-corrected chi connectivity index (χ4v) is 5.60. The zero-order valence-electron chi connectivity index (χ0n) is 20.1. The Morgan fingerprint density at radius 1 is 1.25 bits per heavy atom. The van der Waals surface area contributed by atoms with E-state index in [9.17, 15) is 13.5 Å². The molecule has 8 heteroatoms. The Hall–Kier alpha value is -1.35. The summed E-state index contributed by atoms with van der Waals surface area (Å²) in [5.41, 5.74) is 2.43. The van der Waals surface area contributed by atoms with Gasteiger partial charge in [-0.3, -0.25) is 9.08 Å². The van der Waals surface area contributed by atoms with Gasteiger partial charge in [-0.1, -0.05) is 20.8 Å². The summed E-state index contributed by atoms with van der Waals surface area (Å²) in [7, 11) is -1.79. The predicted molar refractivity (Wildman–Crippen MR) is 125 cm³/mol. The van der Waals surface area contributed by atoms with Crippen molar-refractivity contribution in [3.8, 4) is 11.5 Å². The number of nitrogens with zero attached hydrogens (tertiary/aromatic N) is 1. The molecule has 1 aromatic carbocycles. The maximum absolute atomic E-state index is 11.1. The van der Waals surface area contributed by atoms with Gasteiger partial charge in [0.2, 0.25) is 0 Å². The van der Waals surface area contributed by atoms with Crippen LogP contribution in [0.5, 0.6) is 11.5 Å². The van der Waals surface area contributed by atoms with Gasteiger partial charge in [0.05, 0.1) is 26.6 Å². The topological polar surface area (TPSA) is 85.3 Å². The first-order valence-corrected chi connectivity index (χ1v) is 13.4. The Labute approximate surface area is 193 Å². The summed E-state index contributed by atoms with van der Waals surface area (Å²) in [6.07, 6.45) is 4.53. The SMILES string of the molecule is COc1cc2c(cc1OCCCOS(C)(=O)=O)CCN1C[C@@H](CC(C)C)C(C)(CO)C[C@H]21.